The number of amides is 1. The maximum Gasteiger partial charge on any atom is 0.434 e. The van der Waals surface area contributed by atoms with Gasteiger partial charge in [0.05, 0.1) is 10.9 Å². The van der Waals surface area contributed by atoms with E-state index in [0.717, 1.165) is 6.07 Å². The lowest BCUT2D eigenvalue weighted by Crippen LogP contribution is -2.30. The van der Waals surface area contributed by atoms with Gasteiger partial charge in [-0.05, 0) is 24.3 Å². The molecule has 0 aliphatic rings. The predicted octanol–water partition coefficient (Wildman–Crippen LogP) is 3.54. The first kappa shape index (κ1) is 16.6. The van der Waals surface area contributed by atoms with Crippen LogP contribution >= 0.6 is 0 Å². The van der Waals surface area contributed by atoms with Gasteiger partial charge >= 0.3 is 6.18 Å². The molecule has 0 fully saturated rings. The number of hydrogen-bond acceptors (Lipinski definition) is 4. The molecule has 0 spiro atoms. The molecule has 0 aliphatic carbocycles. The first-order chi connectivity index (χ1) is 11.9. The quantitative estimate of drug-likeness (QED) is 0.560. The van der Waals surface area contributed by atoms with E-state index in [9.17, 15) is 22.4 Å². The molecule has 0 bridgehead atoms. The van der Waals surface area contributed by atoms with E-state index in [1.807, 2.05) is 0 Å². The SMILES string of the molecule is O=C(NNc1nc(C(F)(F)F)c2c(F)cccc2n1)c1ccccc1. The molecule has 2 N–H and O–H groups in total. The third-order valence-electron chi connectivity index (χ3n) is 3.26. The molecule has 0 aliphatic heterocycles. The van der Waals surface area contributed by atoms with Crippen LogP contribution in [0.1, 0.15) is 16.1 Å². The van der Waals surface area contributed by atoms with Crippen molar-refractivity contribution < 1.29 is 22.4 Å². The van der Waals surface area contributed by atoms with Crippen molar-refractivity contribution in [3.63, 3.8) is 0 Å². The number of carbonyl (C=O) groups excluding carboxylic acids is 1. The van der Waals surface area contributed by atoms with E-state index in [2.05, 4.69) is 20.8 Å². The van der Waals surface area contributed by atoms with Crippen molar-refractivity contribution in [1.29, 1.82) is 0 Å². The minimum absolute atomic E-state index is 0.237. The number of alkyl halides is 3. The summed E-state index contributed by atoms with van der Waals surface area (Å²) in [6.07, 6.45) is -4.89. The molecule has 0 radical (unpaired) electrons. The number of benzene rings is 2. The Morgan fingerprint density at radius 2 is 1.68 bits per heavy atom. The number of hydrazine groups is 1. The predicted molar refractivity (Wildman–Crippen MR) is 82.0 cm³/mol. The average molecular weight is 350 g/mol. The molecular weight excluding hydrogens is 340 g/mol. The second kappa shape index (κ2) is 6.34. The number of hydrogen-bond donors (Lipinski definition) is 2. The third kappa shape index (κ3) is 3.49. The van der Waals surface area contributed by atoms with Gasteiger partial charge in [-0.2, -0.15) is 13.2 Å². The summed E-state index contributed by atoms with van der Waals surface area (Å²) < 4.78 is 53.3. The topological polar surface area (TPSA) is 66.9 Å². The van der Waals surface area contributed by atoms with Gasteiger partial charge in [-0.15, -0.1) is 0 Å². The molecule has 1 heterocycles. The zero-order chi connectivity index (χ0) is 18.0. The van der Waals surface area contributed by atoms with E-state index in [1.54, 1.807) is 18.2 Å². The number of fused-ring (bicyclic) bond motifs is 1. The van der Waals surface area contributed by atoms with Crippen LogP contribution in [0.4, 0.5) is 23.5 Å². The molecule has 1 amide bonds. The van der Waals surface area contributed by atoms with Gasteiger partial charge in [-0.25, -0.2) is 14.4 Å². The van der Waals surface area contributed by atoms with E-state index < -0.39 is 34.9 Å². The van der Waals surface area contributed by atoms with Crippen LogP contribution in [0.25, 0.3) is 10.9 Å². The summed E-state index contributed by atoms with van der Waals surface area (Å²) in [5.41, 5.74) is 3.05. The van der Waals surface area contributed by atoms with Crippen LogP contribution < -0.4 is 10.9 Å². The molecule has 1 aromatic heterocycles. The zero-order valence-corrected chi connectivity index (χ0v) is 12.4. The number of anilines is 1. The van der Waals surface area contributed by atoms with E-state index >= 15 is 0 Å². The summed E-state index contributed by atoms with van der Waals surface area (Å²) in [4.78, 5) is 19.0. The number of carbonyl (C=O) groups is 1. The highest BCUT2D eigenvalue weighted by Gasteiger charge is 2.36. The molecule has 0 saturated carbocycles. The van der Waals surface area contributed by atoms with E-state index in [-0.39, 0.29) is 11.1 Å². The van der Waals surface area contributed by atoms with Gasteiger partial charge in [-0.1, -0.05) is 24.3 Å². The Bertz CT molecular complexity index is 929. The Morgan fingerprint density at radius 1 is 0.960 bits per heavy atom. The molecule has 9 heteroatoms. The third-order valence-corrected chi connectivity index (χ3v) is 3.26. The van der Waals surface area contributed by atoms with Gasteiger partial charge in [0, 0.05) is 5.56 Å². The smallest absolute Gasteiger partial charge is 0.267 e. The lowest BCUT2D eigenvalue weighted by Gasteiger charge is -2.13. The highest BCUT2D eigenvalue weighted by atomic mass is 19.4. The van der Waals surface area contributed by atoms with Crippen molar-refractivity contribution in [3.05, 3.63) is 65.6 Å². The van der Waals surface area contributed by atoms with Crippen molar-refractivity contribution in [1.82, 2.24) is 15.4 Å². The standard InChI is InChI=1S/C16H10F4N4O/c17-10-7-4-8-11-12(10)13(16(18,19)20)22-15(21-11)24-23-14(25)9-5-2-1-3-6-9/h1-8H,(H,23,25)(H,21,22,24). The largest absolute Gasteiger partial charge is 0.434 e. The highest BCUT2D eigenvalue weighted by molar-refractivity contribution is 5.94. The number of nitrogens with zero attached hydrogens (tertiary/aromatic N) is 2. The Labute approximate surface area is 138 Å². The average Bonchev–Trinajstić information content (AvgIpc) is 2.59. The van der Waals surface area contributed by atoms with Crippen molar-refractivity contribution in [2.24, 2.45) is 0 Å². The monoisotopic (exact) mass is 350 g/mol. The van der Waals surface area contributed by atoms with E-state index in [0.29, 0.717) is 0 Å². The van der Waals surface area contributed by atoms with Crippen molar-refractivity contribution in [3.8, 4) is 0 Å². The van der Waals surface area contributed by atoms with Gasteiger partial charge < -0.3 is 0 Å². The van der Waals surface area contributed by atoms with Crippen LogP contribution in [0.15, 0.2) is 48.5 Å². The van der Waals surface area contributed by atoms with Crippen LogP contribution in [-0.4, -0.2) is 15.9 Å². The number of rotatable bonds is 3. The highest BCUT2D eigenvalue weighted by Crippen LogP contribution is 2.34. The molecule has 2 aromatic carbocycles. The van der Waals surface area contributed by atoms with Crippen molar-refractivity contribution in [2.45, 2.75) is 6.18 Å². The van der Waals surface area contributed by atoms with Crippen LogP contribution in [0.3, 0.4) is 0 Å². The minimum Gasteiger partial charge on any atom is -0.267 e. The van der Waals surface area contributed by atoms with Crippen molar-refractivity contribution in [2.75, 3.05) is 5.43 Å². The molecule has 0 unspecified atom stereocenters. The van der Waals surface area contributed by atoms with E-state index in [1.165, 1.54) is 24.3 Å². The lowest BCUT2D eigenvalue weighted by atomic mass is 10.1. The minimum atomic E-state index is -4.89. The lowest BCUT2D eigenvalue weighted by molar-refractivity contribution is -0.139. The normalized spacial score (nSPS) is 11.4. The van der Waals surface area contributed by atoms with Gasteiger partial charge in [0.25, 0.3) is 5.91 Å². The maximum absolute atomic E-state index is 13.8. The fourth-order valence-corrected chi connectivity index (χ4v) is 2.18. The summed E-state index contributed by atoms with van der Waals surface area (Å²) in [6.45, 7) is 0. The van der Waals surface area contributed by atoms with Crippen LogP contribution in [0.2, 0.25) is 0 Å². The van der Waals surface area contributed by atoms with Gasteiger partial charge in [0.2, 0.25) is 5.95 Å². The molecule has 128 valence electrons. The summed E-state index contributed by atoms with van der Waals surface area (Å²) in [5.74, 6) is -2.17. The Hall–Kier alpha value is -3.23. The van der Waals surface area contributed by atoms with Crippen LogP contribution in [0, 0.1) is 5.82 Å². The molecule has 3 aromatic rings. The Balaban J connectivity index is 1.94. The molecule has 0 saturated heterocycles. The number of halogens is 4. The molecule has 3 rings (SSSR count). The molecule has 0 atom stereocenters. The zero-order valence-electron chi connectivity index (χ0n) is 12.4. The second-order valence-electron chi connectivity index (χ2n) is 4.97. The van der Waals surface area contributed by atoms with Gasteiger partial charge in [0.15, 0.2) is 5.69 Å². The van der Waals surface area contributed by atoms with Crippen LogP contribution in [0.5, 0.6) is 0 Å². The summed E-state index contributed by atoms with van der Waals surface area (Å²) in [7, 11) is 0. The number of nitrogens with one attached hydrogen (secondary N) is 2. The van der Waals surface area contributed by atoms with Crippen molar-refractivity contribution >= 4 is 22.8 Å². The first-order valence-corrected chi connectivity index (χ1v) is 7.01. The first-order valence-electron chi connectivity index (χ1n) is 7.01. The molecule has 25 heavy (non-hydrogen) atoms. The molecule has 5 nitrogen and oxygen atoms in total. The maximum atomic E-state index is 13.8. The second-order valence-corrected chi connectivity index (χ2v) is 4.97. The summed E-state index contributed by atoms with van der Waals surface area (Å²) in [5, 5.41) is -0.727. The fourth-order valence-electron chi connectivity index (χ4n) is 2.18. The van der Waals surface area contributed by atoms with E-state index in [4.69, 9.17) is 0 Å². The van der Waals surface area contributed by atoms with Gasteiger partial charge in [-0.3, -0.25) is 15.6 Å². The summed E-state index contributed by atoms with van der Waals surface area (Å²) >= 11 is 0. The van der Waals surface area contributed by atoms with Gasteiger partial charge in [0.1, 0.15) is 5.82 Å². The molecular formula is C16H10F4N4O. The Kier molecular flexibility index (Phi) is 4.22. The Morgan fingerprint density at radius 3 is 2.36 bits per heavy atom. The fraction of sp³-hybridized carbons (Fsp3) is 0.0625. The number of aromatic nitrogens is 2. The summed E-state index contributed by atoms with van der Waals surface area (Å²) in [6, 6.07) is 11.4. The van der Waals surface area contributed by atoms with Crippen LogP contribution in [-0.2, 0) is 6.18 Å².